The molecule has 0 saturated carbocycles. The van der Waals surface area contributed by atoms with E-state index in [2.05, 4.69) is 0 Å². The van der Waals surface area contributed by atoms with Gasteiger partial charge < -0.3 is 0 Å². The average Bonchev–Trinajstić information content (AvgIpc) is 2.56. The fourth-order valence-electron chi connectivity index (χ4n) is 2.41. The van der Waals surface area contributed by atoms with Gasteiger partial charge in [0.2, 0.25) is 0 Å². The molecule has 0 aliphatic rings. The van der Waals surface area contributed by atoms with Crippen LogP contribution in [0.1, 0.15) is 41.6 Å². The van der Waals surface area contributed by atoms with Gasteiger partial charge in [0, 0.05) is 12.0 Å². The standard InChI is InChI=1S/C20H20O3/c21-18(13-7-10-16-8-3-1-4-9-16)14-19(22)15-20(23)17-11-5-2-6-12-17/h1-6,8-9,11-12H,7,10,13-15H2. The minimum absolute atomic E-state index is 0.0909. The molecule has 0 fully saturated rings. The lowest BCUT2D eigenvalue weighted by Gasteiger charge is -2.02. The number of benzene rings is 2. The fourth-order valence-corrected chi connectivity index (χ4v) is 2.41. The summed E-state index contributed by atoms with van der Waals surface area (Å²) in [5.41, 5.74) is 1.70. The molecule has 0 atom stereocenters. The van der Waals surface area contributed by atoms with Crippen LogP contribution in [0, 0.1) is 0 Å². The Hall–Kier alpha value is -2.55. The first-order valence-corrected chi connectivity index (χ1v) is 7.81. The maximum absolute atomic E-state index is 11.9. The number of carbonyl (C=O) groups excluding carboxylic acids is 3. The normalized spacial score (nSPS) is 10.3. The number of hydrogen-bond acceptors (Lipinski definition) is 3. The maximum atomic E-state index is 11.9. The molecule has 2 aromatic carbocycles. The molecule has 118 valence electrons. The van der Waals surface area contributed by atoms with Crippen molar-refractivity contribution in [1.29, 1.82) is 0 Å². The molecular weight excluding hydrogens is 288 g/mol. The smallest absolute Gasteiger partial charge is 0.170 e. The lowest BCUT2D eigenvalue weighted by atomic mass is 10.0. The van der Waals surface area contributed by atoms with Crippen molar-refractivity contribution >= 4 is 17.3 Å². The topological polar surface area (TPSA) is 51.2 Å². The van der Waals surface area contributed by atoms with Gasteiger partial charge >= 0.3 is 0 Å². The molecule has 23 heavy (non-hydrogen) atoms. The molecular formula is C20H20O3. The van der Waals surface area contributed by atoms with Crippen LogP contribution < -0.4 is 0 Å². The summed E-state index contributed by atoms with van der Waals surface area (Å²) in [7, 11) is 0. The van der Waals surface area contributed by atoms with E-state index in [0.717, 1.165) is 12.8 Å². The van der Waals surface area contributed by atoms with Crippen molar-refractivity contribution in [2.45, 2.75) is 32.1 Å². The Morgan fingerprint density at radius 2 is 1.30 bits per heavy atom. The Kier molecular flexibility index (Phi) is 6.42. The lowest BCUT2D eigenvalue weighted by Crippen LogP contribution is -2.13. The molecule has 0 saturated heterocycles. The molecule has 0 aliphatic carbocycles. The SMILES string of the molecule is O=C(CCCc1ccccc1)CC(=O)CC(=O)c1ccccc1. The van der Waals surface area contributed by atoms with Gasteiger partial charge in [-0.2, -0.15) is 0 Å². The molecule has 0 radical (unpaired) electrons. The van der Waals surface area contributed by atoms with E-state index in [9.17, 15) is 14.4 Å². The van der Waals surface area contributed by atoms with Crippen molar-refractivity contribution in [3.05, 3.63) is 71.8 Å². The van der Waals surface area contributed by atoms with Crippen LogP contribution >= 0.6 is 0 Å². The third kappa shape index (κ3) is 5.99. The Morgan fingerprint density at radius 3 is 1.96 bits per heavy atom. The van der Waals surface area contributed by atoms with Crippen molar-refractivity contribution in [3.8, 4) is 0 Å². The summed E-state index contributed by atoms with van der Waals surface area (Å²) in [6, 6.07) is 18.6. The summed E-state index contributed by atoms with van der Waals surface area (Å²) in [6.45, 7) is 0. The minimum Gasteiger partial charge on any atom is -0.299 e. The first kappa shape index (κ1) is 16.8. The highest BCUT2D eigenvalue weighted by Gasteiger charge is 2.14. The molecule has 2 rings (SSSR count). The van der Waals surface area contributed by atoms with Gasteiger partial charge in [-0.05, 0) is 18.4 Å². The number of rotatable bonds is 9. The Labute approximate surface area is 136 Å². The molecule has 0 aromatic heterocycles. The van der Waals surface area contributed by atoms with Crippen LogP contribution in [0.15, 0.2) is 60.7 Å². The van der Waals surface area contributed by atoms with Crippen LogP contribution in [0.3, 0.4) is 0 Å². The van der Waals surface area contributed by atoms with Gasteiger partial charge in [0.15, 0.2) is 5.78 Å². The van der Waals surface area contributed by atoms with Crippen LogP contribution in [-0.4, -0.2) is 17.3 Å². The van der Waals surface area contributed by atoms with E-state index in [4.69, 9.17) is 0 Å². The molecule has 0 aliphatic heterocycles. The molecule has 0 heterocycles. The number of Topliss-reactive ketones (excluding diaryl/α,β-unsaturated/α-hetero) is 3. The van der Waals surface area contributed by atoms with Gasteiger partial charge in [-0.15, -0.1) is 0 Å². The third-order valence-electron chi connectivity index (χ3n) is 3.61. The number of hydrogen-bond donors (Lipinski definition) is 0. The zero-order valence-corrected chi connectivity index (χ0v) is 13.0. The van der Waals surface area contributed by atoms with Crippen molar-refractivity contribution in [2.24, 2.45) is 0 Å². The summed E-state index contributed by atoms with van der Waals surface area (Å²) >= 11 is 0. The average molecular weight is 308 g/mol. The van der Waals surface area contributed by atoms with Crippen LogP contribution in [0.5, 0.6) is 0 Å². The van der Waals surface area contributed by atoms with Crippen molar-refractivity contribution in [2.75, 3.05) is 0 Å². The summed E-state index contributed by atoms with van der Waals surface area (Å²) in [5, 5.41) is 0. The van der Waals surface area contributed by atoms with E-state index in [1.54, 1.807) is 24.3 Å². The highest BCUT2D eigenvalue weighted by Crippen LogP contribution is 2.08. The predicted molar refractivity (Wildman–Crippen MR) is 89.4 cm³/mol. The van der Waals surface area contributed by atoms with E-state index in [-0.39, 0.29) is 30.2 Å². The van der Waals surface area contributed by atoms with Crippen molar-refractivity contribution < 1.29 is 14.4 Å². The molecule has 0 amide bonds. The van der Waals surface area contributed by atoms with Gasteiger partial charge in [0.25, 0.3) is 0 Å². The molecule has 0 N–H and O–H groups in total. The van der Waals surface area contributed by atoms with Gasteiger partial charge in [-0.1, -0.05) is 60.7 Å². The Bertz CT molecular complexity index is 660. The second-order valence-electron chi connectivity index (χ2n) is 5.56. The van der Waals surface area contributed by atoms with Crippen LogP contribution in [0.4, 0.5) is 0 Å². The zero-order chi connectivity index (χ0) is 16.5. The van der Waals surface area contributed by atoms with E-state index in [0.29, 0.717) is 12.0 Å². The largest absolute Gasteiger partial charge is 0.299 e. The fraction of sp³-hybridized carbons (Fsp3) is 0.250. The highest BCUT2D eigenvalue weighted by molar-refractivity contribution is 6.12. The number of carbonyl (C=O) groups is 3. The second kappa shape index (κ2) is 8.79. The lowest BCUT2D eigenvalue weighted by molar-refractivity contribution is -0.126. The van der Waals surface area contributed by atoms with Crippen molar-refractivity contribution in [1.82, 2.24) is 0 Å². The first-order chi connectivity index (χ1) is 11.1. The van der Waals surface area contributed by atoms with E-state index in [1.807, 2.05) is 36.4 Å². The molecule has 3 nitrogen and oxygen atoms in total. The van der Waals surface area contributed by atoms with Gasteiger partial charge in [0.05, 0.1) is 12.8 Å². The summed E-state index contributed by atoms with van der Waals surface area (Å²) in [5.74, 6) is -0.622. The summed E-state index contributed by atoms with van der Waals surface area (Å²) < 4.78 is 0. The third-order valence-corrected chi connectivity index (χ3v) is 3.61. The minimum atomic E-state index is -0.302. The second-order valence-corrected chi connectivity index (χ2v) is 5.56. The van der Waals surface area contributed by atoms with E-state index < -0.39 is 0 Å². The van der Waals surface area contributed by atoms with Crippen LogP contribution in [-0.2, 0) is 16.0 Å². The van der Waals surface area contributed by atoms with E-state index in [1.165, 1.54) is 5.56 Å². The molecule has 0 spiro atoms. The molecule has 3 heteroatoms. The zero-order valence-electron chi connectivity index (χ0n) is 13.0. The van der Waals surface area contributed by atoms with Gasteiger partial charge in [-0.25, -0.2) is 0 Å². The highest BCUT2D eigenvalue weighted by atomic mass is 16.2. The number of aryl methyl sites for hydroxylation is 1. The first-order valence-electron chi connectivity index (χ1n) is 7.81. The Balaban J connectivity index is 1.70. The van der Waals surface area contributed by atoms with Crippen LogP contribution in [0.25, 0.3) is 0 Å². The van der Waals surface area contributed by atoms with Gasteiger partial charge in [0.1, 0.15) is 11.6 Å². The number of ketones is 3. The van der Waals surface area contributed by atoms with E-state index >= 15 is 0 Å². The summed E-state index contributed by atoms with van der Waals surface area (Å²) in [6.07, 6.45) is 1.58. The maximum Gasteiger partial charge on any atom is 0.170 e. The van der Waals surface area contributed by atoms with Crippen molar-refractivity contribution in [3.63, 3.8) is 0 Å². The molecule has 2 aromatic rings. The Morgan fingerprint density at radius 1 is 0.696 bits per heavy atom. The molecule has 0 bridgehead atoms. The van der Waals surface area contributed by atoms with Gasteiger partial charge in [-0.3, -0.25) is 14.4 Å². The van der Waals surface area contributed by atoms with Crippen LogP contribution in [0.2, 0.25) is 0 Å². The quantitative estimate of drug-likeness (QED) is 0.523. The molecule has 0 unspecified atom stereocenters. The summed E-state index contributed by atoms with van der Waals surface area (Å²) in [4.78, 5) is 35.6. The predicted octanol–water partition coefficient (Wildman–Crippen LogP) is 3.81. The monoisotopic (exact) mass is 308 g/mol.